The van der Waals surface area contributed by atoms with Gasteiger partial charge in [0.15, 0.2) is 0 Å². The van der Waals surface area contributed by atoms with Crippen molar-refractivity contribution in [1.82, 2.24) is 9.97 Å². The lowest BCUT2D eigenvalue weighted by atomic mass is 10.1. The van der Waals surface area contributed by atoms with Crippen LogP contribution in [0.5, 0.6) is 0 Å². The SMILES string of the molecule is Cc1ccc(N(C)C(=O)OC(C)(C)C)cc1Nc1ncnc(N(Cc2ccccc2)Cc2ccccc2)c1[N+](=O)[O-]. The third kappa shape index (κ3) is 7.57. The largest absolute Gasteiger partial charge is 0.443 e. The Bertz CT molecular complexity index is 1470. The van der Waals surface area contributed by atoms with Crippen LogP contribution in [0, 0.1) is 17.0 Å². The van der Waals surface area contributed by atoms with Gasteiger partial charge in [0.2, 0.25) is 11.6 Å². The molecule has 1 aromatic heterocycles. The first-order valence-electron chi connectivity index (χ1n) is 13.2. The summed E-state index contributed by atoms with van der Waals surface area (Å²) in [7, 11) is 1.61. The number of aromatic nitrogens is 2. The standard InChI is InChI=1S/C31H34N6O4/c1-22-16-17-25(35(5)30(38)41-31(2,3)4)18-26(22)34-28-27(37(39)40)29(33-21-32-28)36(19-23-12-8-6-9-13-23)20-24-14-10-7-11-15-24/h6-18,21H,19-20H2,1-5H3,(H,32,33,34). The Hall–Kier alpha value is -4.99. The van der Waals surface area contributed by atoms with Crippen molar-refractivity contribution in [3.8, 4) is 0 Å². The molecule has 0 fully saturated rings. The minimum absolute atomic E-state index is 0.0475. The van der Waals surface area contributed by atoms with E-state index < -0.39 is 16.6 Å². The molecule has 0 bridgehead atoms. The zero-order valence-corrected chi connectivity index (χ0v) is 23.9. The highest BCUT2D eigenvalue weighted by Crippen LogP contribution is 2.36. The van der Waals surface area contributed by atoms with Crippen LogP contribution in [0.25, 0.3) is 0 Å². The van der Waals surface area contributed by atoms with Crippen molar-refractivity contribution in [3.63, 3.8) is 0 Å². The highest BCUT2D eigenvalue weighted by Gasteiger charge is 2.28. The molecule has 4 rings (SSSR count). The van der Waals surface area contributed by atoms with Crippen molar-refractivity contribution in [2.75, 3.05) is 22.2 Å². The first-order valence-corrected chi connectivity index (χ1v) is 13.2. The molecule has 1 amide bonds. The quantitative estimate of drug-likeness (QED) is 0.173. The third-order valence-corrected chi connectivity index (χ3v) is 6.25. The Balaban J connectivity index is 1.71. The maximum absolute atomic E-state index is 12.6. The van der Waals surface area contributed by atoms with E-state index in [4.69, 9.17) is 4.74 Å². The molecule has 0 aliphatic carbocycles. The number of aryl methyl sites for hydroxylation is 1. The zero-order valence-electron chi connectivity index (χ0n) is 23.9. The summed E-state index contributed by atoms with van der Waals surface area (Å²) in [6.45, 7) is 8.07. The van der Waals surface area contributed by atoms with Gasteiger partial charge < -0.3 is 15.0 Å². The number of nitrogens with zero attached hydrogens (tertiary/aromatic N) is 5. The van der Waals surface area contributed by atoms with Gasteiger partial charge in [0.1, 0.15) is 11.9 Å². The Morgan fingerprint density at radius 2 is 1.54 bits per heavy atom. The van der Waals surface area contributed by atoms with Crippen molar-refractivity contribution in [1.29, 1.82) is 0 Å². The topological polar surface area (TPSA) is 114 Å². The van der Waals surface area contributed by atoms with Gasteiger partial charge in [0, 0.05) is 31.5 Å². The molecule has 41 heavy (non-hydrogen) atoms. The van der Waals surface area contributed by atoms with Gasteiger partial charge in [-0.1, -0.05) is 66.7 Å². The molecule has 0 atom stereocenters. The normalized spacial score (nSPS) is 11.0. The minimum Gasteiger partial charge on any atom is -0.443 e. The van der Waals surface area contributed by atoms with Gasteiger partial charge in [0.25, 0.3) is 0 Å². The summed E-state index contributed by atoms with van der Waals surface area (Å²) >= 11 is 0. The summed E-state index contributed by atoms with van der Waals surface area (Å²) in [6.07, 6.45) is 0.805. The van der Waals surface area contributed by atoms with E-state index in [2.05, 4.69) is 15.3 Å². The van der Waals surface area contributed by atoms with Gasteiger partial charge in [-0.05, 0) is 56.5 Å². The molecule has 0 saturated carbocycles. The van der Waals surface area contributed by atoms with Crippen molar-refractivity contribution >= 4 is 34.8 Å². The van der Waals surface area contributed by atoms with E-state index in [-0.39, 0.29) is 17.3 Å². The summed E-state index contributed by atoms with van der Waals surface area (Å²) in [5, 5.41) is 15.6. The Morgan fingerprint density at radius 1 is 0.951 bits per heavy atom. The summed E-state index contributed by atoms with van der Waals surface area (Å²) < 4.78 is 5.48. The number of hydrogen-bond donors (Lipinski definition) is 1. The fraction of sp³-hybridized carbons (Fsp3) is 0.258. The zero-order chi connectivity index (χ0) is 29.6. The van der Waals surface area contributed by atoms with Crippen LogP contribution in [0.1, 0.15) is 37.5 Å². The monoisotopic (exact) mass is 554 g/mol. The maximum Gasteiger partial charge on any atom is 0.414 e. The van der Waals surface area contributed by atoms with Gasteiger partial charge in [-0.3, -0.25) is 15.0 Å². The lowest BCUT2D eigenvalue weighted by Crippen LogP contribution is -2.34. The molecule has 4 aromatic rings. The molecule has 1 heterocycles. The first-order chi connectivity index (χ1) is 19.5. The molecule has 10 nitrogen and oxygen atoms in total. The number of nitro groups is 1. The molecule has 212 valence electrons. The van der Waals surface area contributed by atoms with Gasteiger partial charge in [0.05, 0.1) is 4.92 Å². The second-order valence-corrected chi connectivity index (χ2v) is 10.6. The summed E-state index contributed by atoms with van der Waals surface area (Å²) in [4.78, 5) is 36.6. The molecule has 0 saturated heterocycles. The Kier molecular flexibility index (Phi) is 8.81. The van der Waals surface area contributed by atoms with Crippen LogP contribution in [0.4, 0.5) is 33.5 Å². The minimum atomic E-state index is -0.652. The highest BCUT2D eigenvalue weighted by atomic mass is 16.6. The van der Waals surface area contributed by atoms with E-state index in [0.717, 1.165) is 16.7 Å². The molecule has 0 aliphatic heterocycles. The molecule has 0 aliphatic rings. The van der Waals surface area contributed by atoms with Crippen LogP contribution in [0.2, 0.25) is 0 Å². The second-order valence-electron chi connectivity index (χ2n) is 10.6. The van der Waals surface area contributed by atoms with E-state index in [1.807, 2.05) is 78.6 Å². The van der Waals surface area contributed by atoms with E-state index in [1.165, 1.54) is 11.2 Å². The van der Waals surface area contributed by atoms with Crippen LogP contribution in [0.3, 0.4) is 0 Å². The molecule has 10 heteroatoms. The van der Waals surface area contributed by atoms with E-state index in [9.17, 15) is 14.9 Å². The number of amides is 1. The Labute approximate surface area is 239 Å². The van der Waals surface area contributed by atoms with Crippen molar-refractivity contribution in [2.45, 2.75) is 46.4 Å². The Morgan fingerprint density at radius 3 is 2.07 bits per heavy atom. The molecule has 3 aromatic carbocycles. The van der Waals surface area contributed by atoms with Gasteiger partial charge >= 0.3 is 11.8 Å². The van der Waals surface area contributed by atoms with Crippen LogP contribution >= 0.6 is 0 Å². The van der Waals surface area contributed by atoms with Gasteiger partial charge in [-0.2, -0.15) is 0 Å². The molecule has 0 spiro atoms. The van der Waals surface area contributed by atoms with E-state index >= 15 is 0 Å². The summed E-state index contributed by atoms with van der Waals surface area (Å²) in [6, 6.07) is 24.8. The lowest BCUT2D eigenvalue weighted by Gasteiger charge is -2.25. The van der Waals surface area contributed by atoms with E-state index in [0.29, 0.717) is 24.5 Å². The number of nitrogens with one attached hydrogen (secondary N) is 1. The van der Waals surface area contributed by atoms with Crippen molar-refractivity contribution < 1.29 is 14.5 Å². The van der Waals surface area contributed by atoms with Crippen LogP contribution in [0.15, 0.2) is 85.2 Å². The maximum atomic E-state index is 12.6. The van der Waals surface area contributed by atoms with Crippen LogP contribution in [-0.2, 0) is 17.8 Å². The lowest BCUT2D eigenvalue weighted by molar-refractivity contribution is -0.383. The number of carbonyl (C=O) groups excluding carboxylic acids is 1. The van der Waals surface area contributed by atoms with Gasteiger partial charge in [-0.25, -0.2) is 14.8 Å². The number of carbonyl (C=O) groups is 1. The average molecular weight is 555 g/mol. The number of benzene rings is 3. The first kappa shape index (κ1) is 29.0. The highest BCUT2D eigenvalue weighted by molar-refractivity contribution is 5.88. The van der Waals surface area contributed by atoms with Crippen molar-refractivity contribution in [2.24, 2.45) is 0 Å². The number of rotatable bonds is 9. The second kappa shape index (κ2) is 12.5. The van der Waals surface area contributed by atoms with Crippen molar-refractivity contribution in [3.05, 3.63) is 112 Å². The third-order valence-electron chi connectivity index (χ3n) is 6.25. The number of hydrogen-bond acceptors (Lipinski definition) is 8. The number of ether oxygens (including phenoxy) is 1. The van der Waals surface area contributed by atoms with Gasteiger partial charge in [-0.15, -0.1) is 0 Å². The van der Waals surface area contributed by atoms with Crippen LogP contribution in [-0.4, -0.2) is 33.6 Å². The molecular weight excluding hydrogens is 520 g/mol. The van der Waals surface area contributed by atoms with E-state index in [1.54, 1.807) is 40.0 Å². The predicted octanol–water partition coefficient (Wildman–Crippen LogP) is 7.01. The summed E-state index contributed by atoms with van der Waals surface area (Å²) in [5.74, 6) is 0.242. The predicted molar refractivity (Wildman–Crippen MR) is 161 cm³/mol. The average Bonchev–Trinajstić information content (AvgIpc) is 2.93. The summed E-state index contributed by atoms with van der Waals surface area (Å²) in [5.41, 5.74) is 3.00. The molecular formula is C31H34N6O4. The molecule has 1 N–H and O–H groups in total. The number of anilines is 4. The smallest absolute Gasteiger partial charge is 0.414 e. The fourth-order valence-corrected chi connectivity index (χ4v) is 4.19. The molecule has 0 unspecified atom stereocenters. The van der Waals surface area contributed by atoms with Crippen LogP contribution < -0.4 is 15.1 Å². The fourth-order valence-electron chi connectivity index (χ4n) is 4.19. The molecule has 0 radical (unpaired) electrons.